The van der Waals surface area contributed by atoms with E-state index in [2.05, 4.69) is 0 Å². The molecule has 17 heavy (non-hydrogen) atoms. The molecule has 0 aromatic heterocycles. The molecule has 0 amide bonds. The summed E-state index contributed by atoms with van der Waals surface area (Å²) >= 11 is 0. The fraction of sp³-hybridized carbons (Fsp3) is 1.00. The van der Waals surface area contributed by atoms with Gasteiger partial charge in [0.15, 0.2) is 9.84 Å². The fourth-order valence-electron chi connectivity index (χ4n) is 0.987. The van der Waals surface area contributed by atoms with E-state index in [0.717, 1.165) is 6.26 Å². The Kier molecular flexibility index (Phi) is 5.58. The van der Waals surface area contributed by atoms with Crippen molar-refractivity contribution in [1.29, 1.82) is 0 Å². The van der Waals surface area contributed by atoms with Gasteiger partial charge < -0.3 is 10.5 Å². The summed E-state index contributed by atoms with van der Waals surface area (Å²) in [6.45, 7) is 3.37. The van der Waals surface area contributed by atoms with Crippen LogP contribution in [0.1, 0.15) is 13.8 Å². The van der Waals surface area contributed by atoms with Gasteiger partial charge in [-0.25, -0.2) is 16.8 Å². The lowest BCUT2D eigenvalue weighted by Crippen LogP contribution is -2.49. The third-order valence-corrected chi connectivity index (χ3v) is 5.51. The maximum absolute atomic E-state index is 11.7. The number of nitrogens with two attached hydrogens (primary N) is 1. The van der Waals surface area contributed by atoms with Gasteiger partial charge in [-0.15, -0.1) is 0 Å². The minimum atomic E-state index is -3.49. The Morgan fingerprint density at radius 1 is 1.18 bits per heavy atom. The summed E-state index contributed by atoms with van der Waals surface area (Å²) < 4.78 is 50.2. The zero-order valence-corrected chi connectivity index (χ0v) is 12.3. The number of ether oxygens (including phenoxy) is 1. The first-order chi connectivity index (χ1) is 7.40. The molecular formula is C9H21NO5S2. The zero-order valence-electron chi connectivity index (χ0n) is 10.6. The lowest BCUT2D eigenvalue weighted by atomic mass is 10.0. The second-order valence-electron chi connectivity index (χ2n) is 4.66. The van der Waals surface area contributed by atoms with Gasteiger partial charge in [0.2, 0.25) is 0 Å². The predicted octanol–water partition coefficient (Wildman–Crippen LogP) is -0.802. The van der Waals surface area contributed by atoms with E-state index < -0.39 is 37.1 Å². The number of rotatable bonds is 7. The minimum Gasteiger partial charge on any atom is -0.377 e. The van der Waals surface area contributed by atoms with E-state index in [1.807, 2.05) is 0 Å². The van der Waals surface area contributed by atoms with Crippen molar-refractivity contribution in [3.8, 4) is 0 Å². The van der Waals surface area contributed by atoms with E-state index >= 15 is 0 Å². The van der Waals surface area contributed by atoms with Gasteiger partial charge in [0.1, 0.15) is 9.84 Å². The normalized spacial score (nSPS) is 15.8. The third-order valence-electron chi connectivity index (χ3n) is 2.62. The Morgan fingerprint density at radius 2 is 1.65 bits per heavy atom. The molecule has 0 aliphatic carbocycles. The molecule has 0 saturated heterocycles. The zero-order chi connectivity index (χ0) is 13.9. The van der Waals surface area contributed by atoms with Crippen LogP contribution in [0.2, 0.25) is 0 Å². The number of sulfone groups is 2. The van der Waals surface area contributed by atoms with Crippen molar-refractivity contribution in [2.75, 3.05) is 30.6 Å². The summed E-state index contributed by atoms with van der Waals surface area (Å²) in [6.07, 6.45) is 1.00. The van der Waals surface area contributed by atoms with Gasteiger partial charge in [-0.05, 0) is 13.8 Å². The summed E-state index contributed by atoms with van der Waals surface area (Å²) in [7, 11) is -5.33. The van der Waals surface area contributed by atoms with Crippen LogP contribution >= 0.6 is 0 Å². The second kappa shape index (κ2) is 5.64. The quantitative estimate of drug-likeness (QED) is 0.657. The van der Waals surface area contributed by atoms with E-state index in [9.17, 15) is 16.8 Å². The Bertz CT molecular complexity index is 438. The minimum absolute atomic E-state index is 0.288. The molecule has 2 N–H and O–H groups in total. The molecule has 0 heterocycles. The van der Waals surface area contributed by atoms with Crippen molar-refractivity contribution in [2.24, 2.45) is 5.73 Å². The van der Waals surface area contributed by atoms with Crippen LogP contribution in [0.4, 0.5) is 0 Å². The summed E-state index contributed by atoms with van der Waals surface area (Å²) in [5.74, 6) is -1.07. The second-order valence-corrected chi connectivity index (χ2v) is 9.15. The van der Waals surface area contributed by atoms with Crippen LogP contribution in [0.25, 0.3) is 0 Å². The largest absolute Gasteiger partial charge is 0.377 e. The first kappa shape index (κ1) is 16.8. The maximum atomic E-state index is 11.7. The Hall–Kier alpha value is -0.180. The molecule has 0 fully saturated rings. The highest BCUT2D eigenvalue weighted by Crippen LogP contribution is 2.13. The Balaban J connectivity index is 4.57. The lowest BCUT2D eigenvalue weighted by Gasteiger charge is -2.29. The van der Waals surface area contributed by atoms with Gasteiger partial charge >= 0.3 is 0 Å². The fourth-order valence-corrected chi connectivity index (χ4v) is 4.33. The lowest BCUT2D eigenvalue weighted by molar-refractivity contribution is 0.00625. The van der Waals surface area contributed by atoms with Gasteiger partial charge in [0, 0.05) is 19.4 Å². The number of methoxy groups -OCH3 is 1. The smallest absolute Gasteiger partial charge is 0.152 e. The van der Waals surface area contributed by atoms with Gasteiger partial charge in [-0.1, -0.05) is 0 Å². The van der Waals surface area contributed by atoms with Crippen LogP contribution in [0, 0.1) is 0 Å². The van der Waals surface area contributed by atoms with Crippen LogP contribution in [0.15, 0.2) is 0 Å². The van der Waals surface area contributed by atoms with E-state index in [1.54, 1.807) is 13.8 Å². The van der Waals surface area contributed by atoms with E-state index in [-0.39, 0.29) is 11.5 Å². The standard InChI is InChI=1S/C9H21NO5S2/c1-9(2,15-3)8(10)7-17(13,14)6-5-16(4,11)12/h8H,5-7,10H2,1-4H3. The Labute approximate surface area is 103 Å². The molecule has 0 aromatic carbocycles. The molecule has 104 valence electrons. The molecule has 0 aliphatic heterocycles. The van der Waals surface area contributed by atoms with Crippen LogP contribution in [-0.2, 0) is 24.4 Å². The molecule has 6 nitrogen and oxygen atoms in total. The van der Waals surface area contributed by atoms with Crippen molar-refractivity contribution in [2.45, 2.75) is 25.5 Å². The highest BCUT2D eigenvalue weighted by Gasteiger charge is 2.30. The van der Waals surface area contributed by atoms with Crippen LogP contribution < -0.4 is 5.73 Å². The van der Waals surface area contributed by atoms with Crippen LogP contribution in [0.5, 0.6) is 0 Å². The SMILES string of the molecule is COC(C)(C)C(N)CS(=O)(=O)CCS(C)(=O)=O. The highest BCUT2D eigenvalue weighted by molar-refractivity contribution is 7.94. The molecule has 8 heteroatoms. The van der Waals surface area contributed by atoms with E-state index in [0.29, 0.717) is 0 Å². The molecule has 0 aliphatic rings. The van der Waals surface area contributed by atoms with E-state index in [4.69, 9.17) is 10.5 Å². The van der Waals surface area contributed by atoms with E-state index in [1.165, 1.54) is 7.11 Å². The summed E-state index contributed by atoms with van der Waals surface area (Å²) in [5, 5.41) is 0. The molecule has 0 rings (SSSR count). The predicted molar refractivity (Wildman–Crippen MR) is 67.4 cm³/mol. The molecule has 1 atom stereocenters. The molecule has 0 bridgehead atoms. The maximum Gasteiger partial charge on any atom is 0.152 e. The molecule has 0 saturated carbocycles. The average molecular weight is 287 g/mol. The number of hydrogen-bond acceptors (Lipinski definition) is 6. The topological polar surface area (TPSA) is 104 Å². The van der Waals surface area contributed by atoms with Crippen LogP contribution in [0.3, 0.4) is 0 Å². The van der Waals surface area contributed by atoms with Crippen molar-refractivity contribution < 1.29 is 21.6 Å². The van der Waals surface area contributed by atoms with Crippen LogP contribution in [-0.4, -0.2) is 59.1 Å². The van der Waals surface area contributed by atoms with Crippen molar-refractivity contribution in [1.82, 2.24) is 0 Å². The summed E-state index contributed by atoms with van der Waals surface area (Å²) in [6, 6.07) is -0.697. The van der Waals surface area contributed by atoms with Crippen molar-refractivity contribution in [3.63, 3.8) is 0 Å². The first-order valence-corrected chi connectivity index (χ1v) is 8.97. The molecule has 1 unspecified atom stereocenters. The molecule has 0 radical (unpaired) electrons. The third kappa shape index (κ3) is 6.97. The number of hydrogen-bond donors (Lipinski definition) is 1. The summed E-state index contributed by atoms with van der Waals surface area (Å²) in [4.78, 5) is 0. The van der Waals surface area contributed by atoms with Crippen molar-refractivity contribution in [3.05, 3.63) is 0 Å². The van der Waals surface area contributed by atoms with Gasteiger partial charge in [0.05, 0.1) is 22.9 Å². The Morgan fingerprint density at radius 3 is 2.00 bits per heavy atom. The molecule has 0 spiro atoms. The van der Waals surface area contributed by atoms with Gasteiger partial charge in [0.25, 0.3) is 0 Å². The monoisotopic (exact) mass is 287 g/mol. The molecular weight excluding hydrogens is 266 g/mol. The summed E-state index contributed by atoms with van der Waals surface area (Å²) in [5.41, 5.74) is 4.97. The first-order valence-electron chi connectivity index (χ1n) is 5.08. The average Bonchev–Trinajstić information content (AvgIpc) is 2.13. The van der Waals surface area contributed by atoms with Gasteiger partial charge in [-0.3, -0.25) is 0 Å². The van der Waals surface area contributed by atoms with Crippen molar-refractivity contribution >= 4 is 19.7 Å². The highest BCUT2D eigenvalue weighted by atomic mass is 32.2. The van der Waals surface area contributed by atoms with Gasteiger partial charge in [-0.2, -0.15) is 0 Å². The molecule has 0 aromatic rings.